The third kappa shape index (κ3) is 3.70. The molecule has 0 N–H and O–H groups in total. The number of likely N-dealkylation sites (N-methyl/N-ethyl adjacent to an activating group) is 1. The van der Waals surface area contributed by atoms with Crippen molar-refractivity contribution in [2.24, 2.45) is 5.41 Å². The second kappa shape index (κ2) is 4.35. The van der Waals surface area contributed by atoms with E-state index in [1.54, 1.807) is 0 Å². The lowest BCUT2D eigenvalue weighted by Crippen LogP contribution is -2.44. The highest BCUT2D eigenvalue weighted by Crippen LogP contribution is 2.25. The molecule has 14 heavy (non-hydrogen) atoms. The second-order valence-electron chi connectivity index (χ2n) is 5.59. The predicted octanol–water partition coefficient (Wildman–Crippen LogP) is 2.18. The van der Waals surface area contributed by atoms with Crippen molar-refractivity contribution in [3.63, 3.8) is 0 Å². The fraction of sp³-hybridized carbons (Fsp3) is 0.833. The molecule has 0 aromatic rings. The molecule has 0 saturated carbocycles. The number of hydrogen-bond acceptors (Lipinski definition) is 2. The van der Waals surface area contributed by atoms with Crippen molar-refractivity contribution in [3.8, 4) is 0 Å². The van der Waals surface area contributed by atoms with Crippen LogP contribution in [-0.2, 0) is 0 Å². The minimum atomic E-state index is 0.362. The predicted molar refractivity (Wildman–Crippen MR) is 62.3 cm³/mol. The maximum absolute atomic E-state index is 4.20. The topological polar surface area (TPSA) is 6.48 Å². The van der Waals surface area contributed by atoms with Gasteiger partial charge >= 0.3 is 0 Å². The molecule has 0 radical (unpaired) electrons. The molecular formula is C12H24N2. The summed E-state index contributed by atoms with van der Waals surface area (Å²) in [5.41, 5.74) is 1.67. The van der Waals surface area contributed by atoms with Crippen LogP contribution in [-0.4, -0.2) is 43.0 Å². The number of hydrogen-bond donors (Lipinski definition) is 0. The molecule has 0 unspecified atom stereocenters. The molecule has 0 atom stereocenters. The zero-order valence-corrected chi connectivity index (χ0v) is 10.1. The molecule has 1 aliphatic heterocycles. The molecule has 2 nitrogen and oxygen atoms in total. The molecule has 1 saturated heterocycles. The fourth-order valence-corrected chi connectivity index (χ4v) is 1.85. The lowest BCUT2D eigenvalue weighted by Gasteiger charge is -2.37. The van der Waals surface area contributed by atoms with E-state index in [9.17, 15) is 0 Å². The van der Waals surface area contributed by atoms with Crippen LogP contribution < -0.4 is 0 Å². The first kappa shape index (κ1) is 11.6. The molecular weight excluding hydrogens is 172 g/mol. The van der Waals surface area contributed by atoms with Crippen molar-refractivity contribution in [3.05, 3.63) is 12.3 Å². The Morgan fingerprint density at radius 3 is 2.07 bits per heavy atom. The summed E-state index contributed by atoms with van der Waals surface area (Å²) in [4.78, 5) is 4.81. The van der Waals surface area contributed by atoms with E-state index >= 15 is 0 Å². The standard InChI is InChI=1S/C12H24N2/c1-11(10-12(2,3)4)14-8-6-13(5)7-9-14/h1,6-10H2,2-5H3. The van der Waals surface area contributed by atoms with Crippen molar-refractivity contribution in [1.82, 2.24) is 9.80 Å². The zero-order chi connectivity index (χ0) is 10.8. The van der Waals surface area contributed by atoms with E-state index < -0.39 is 0 Å². The monoisotopic (exact) mass is 196 g/mol. The van der Waals surface area contributed by atoms with E-state index in [1.165, 1.54) is 18.8 Å². The molecule has 0 aromatic heterocycles. The third-order valence-electron chi connectivity index (χ3n) is 2.68. The quantitative estimate of drug-likeness (QED) is 0.668. The van der Waals surface area contributed by atoms with Crippen LogP contribution in [0.1, 0.15) is 27.2 Å². The Hall–Kier alpha value is -0.500. The van der Waals surface area contributed by atoms with E-state index in [1.807, 2.05) is 0 Å². The molecule has 1 rings (SSSR count). The highest BCUT2D eigenvalue weighted by atomic mass is 15.2. The molecule has 1 aliphatic rings. The van der Waals surface area contributed by atoms with Gasteiger partial charge in [0.05, 0.1) is 0 Å². The summed E-state index contributed by atoms with van der Waals surface area (Å²) in [7, 11) is 2.18. The van der Waals surface area contributed by atoms with Gasteiger partial charge < -0.3 is 9.80 Å². The fourth-order valence-electron chi connectivity index (χ4n) is 1.85. The van der Waals surface area contributed by atoms with Crippen LogP contribution in [0.3, 0.4) is 0 Å². The average Bonchev–Trinajstić information content (AvgIpc) is 2.02. The molecule has 2 heteroatoms. The van der Waals surface area contributed by atoms with E-state index in [2.05, 4.69) is 44.2 Å². The highest BCUT2D eigenvalue weighted by molar-refractivity contribution is 4.98. The molecule has 0 aromatic carbocycles. The van der Waals surface area contributed by atoms with Gasteiger partial charge in [-0.05, 0) is 18.9 Å². The minimum absolute atomic E-state index is 0.362. The lowest BCUT2D eigenvalue weighted by molar-refractivity contribution is 0.174. The third-order valence-corrected chi connectivity index (χ3v) is 2.68. The minimum Gasteiger partial charge on any atom is -0.373 e. The summed E-state index contributed by atoms with van der Waals surface area (Å²) in [6.45, 7) is 15.6. The maximum atomic E-state index is 4.20. The maximum Gasteiger partial charge on any atom is 0.0303 e. The first-order valence-electron chi connectivity index (χ1n) is 5.50. The Morgan fingerprint density at radius 1 is 1.14 bits per heavy atom. The Balaban J connectivity index is 2.38. The molecule has 1 heterocycles. The second-order valence-corrected chi connectivity index (χ2v) is 5.59. The Kier molecular flexibility index (Phi) is 3.59. The lowest BCUT2D eigenvalue weighted by atomic mass is 9.90. The number of piperazine rings is 1. The summed E-state index contributed by atoms with van der Waals surface area (Å²) in [6.07, 6.45) is 1.11. The van der Waals surface area contributed by atoms with Crippen LogP contribution in [0.2, 0.25) is 0 Å². The van der Waals surface area contributed by atoms with Gasteiger partial charge in [0.15, 0.2) is 0 Å². The summed E-state index contributed by atoms with van der Waals surface area (Å²) >= 11 is 0. The summed E-state index contributed by atoms with van der Waals surface area (Å²) in [6, 6.07) is 0. The van der Waals surface area contributed by atoms with Gasteiger partial charge in [-0.3, -0.25) is 0 Å². The summed E-state index contributed by atoms with van der Waals surface area (Å²) < 4.78 is 0. The Labute approximate surface area is 88.6 Å². The van der Waals surface area contributed by atoms with Crippen LogP contribution in [0, 0.1) is 5.41 Å². The number of rotatable bonds is 2. The molecule has 1 fully saturated rings. The van der Waals surface area contributed by atoms with Crippen molar-refractivity contribution in [2.45, 2.75) is 27.2 Å². The van der Waals surface area contributed by atoms with Gasteiger partial charge in [-0.15, -0.1) is 0 Å². The SMILES string of the molecule is C=C(CC(C)(C)C)N1CCN(C)CC1. The van der Waals surface area contributed by atoms with Gasteiger partial charge in [-0.2, -0.15) is 0 Å². The normalized spacial score (nSPS) is 19.9. The molecule has 0 bridgehead atoms. The molecule has 0 amide bonds. The first-order valence-corrected chi connectivity index (χ1v) is 5.50. The number of nitrogens with zero attached hydrogens (tertiary/aromatic N) is 2. The van der Waals surface area contributed by atoms with Crippen molar-refractivity contribution in [2.75, 3.05) is 33.2 Å². The average molecular weight is 196 g/mol. The number of allylic oxidation sites excluding steroid dienone is 1. The van der Waals surface area contributed by atoms with E-state index in [4.69, 9.17) is 0 Å². The Morgan fingerprint density at radius 2 is 1.64 bits per heavy atom. The van der Waals surface area contributed by atoms with E-state index in [0.29, 0.717) is 5.41 Å². The van der Waals surface area contributed by atoms with Crippen LogP contribution in [0.15, 0.2) is 12.3 Å². The van der Waals surface area contributed by atoms with Crippen molar-refractivity contribution < 1.29 is 0 Å². The summed E-state index contributed by atoms with van der Waals surface area (Å²) in [5, 5.41) is 0. The molecule has 0 spiro atoms. The van der Waals surface area contributed by atoms with E-state index in [0.717, 1.165) is 19.5 Å². The van der Waals surface area contributed by atoms with Gasteiger partial charge in [0, 0.05) is 31.9 Å². The molecule has 0 aliphatic carbocycles. The van der Waals surface area contributed by atoms with Gasteiger partial charge in [-0.1, -0.05) is 27.4 Å². The van der Waals surface area contributed by atoms with Gasteiger partial charge in [0.25, 0.3) is 0 Å². The van der Waals surface area contributed by atoms with E-state index in [-0.39, 0.29) is 0 Å². The van der Waals surface area contributed by atoms with Crippen molar-refractivity contribution in [1.29, 1.82) is 0 Å². The first-order chi connectivity index (χ1) is 6.38. The largest absolute Gasteiger partial charge is 0.373 e. The highest BCUT2D eigenvalue weighted by Gasteiger charge is 2.19. The van der Waals surface area contributed by atoms with Crippen LogP contribution in [0.25, 0.3) is 0 Å². The van der Waals surface area contributed by atoms with Crippen LogP contribution in [0.4, 0.5) is 0 Å². The van der Waals surface area contributed by atoms with Gasteiger partial charge in [0.1, 0.15) is 0 Å². The zero-order valence-electron chi connectivity index (χ0n) is 10.1. The summed E-state index contributed by atoms with van der Waals surface area (Å²) in [5.74, 6) is 0. The van der Waals surface area contributed by atoms with Crippen LogP contribution in [0.5, 0.6) is 0 Å². The van der Waals surface area contributed by atoms with Crippen molar-refractivity contribution >= 4 is 0 Å². The van der Waals surface area contributed by atoms with Crippen LogP contribution >= 0.6 is 0 Å². The van der Waals surface area contributed by atoms with Gasteiger partial charge in [-0.25, -0.2) is 0 Å². The Bertz CT molecular complexity index is 195. The smallest absolute Gasteiger partial charge is 0.0303 e. The molecule has 82 valence electrons. The van der Waals surface area contributed by atoms with Gasteiger partial charge in [0.2, 0.25) is 0 Å².